The number of aliphatic hydroxyl groups is 2. The predicted molar refractivity (Wildman–Crippen MR) is 94.4 cm³/mol. The van der Waals surface area contributed by atoms with Crippen LogP contribution in [0.1, 0.15) is 32.6 Å². The number of amidine groups is 1. The fourth-order valence-electron chi connectivity index (χ4n) is 2.81. The van der Waals surface area contributed by atoms with Crippen LogP contribution in [0.3, 0.4) is 0 Å². The number of allylic oxidation sites excluding steroid dienone is 1. The normalized spacial score (nSPS) is 16.9. The fraction of sp³-hybridized carbons (Fsp3) is 0.750. The maximum absolute atomic E-state index is 12.5. The van der Waals surface area contributed by atoms with Crippen LogP contribution in [0.25, 0.3) is 0 Å². The molecule has 3 N–H and O–H groups in total. The number of β-amino-alcohol motifs (C(OH)–C–C–N with tert-alkyl or cyclic N) is 2. The van der Waals surface area contributed by atoms with Gasteiger partial charge in [-0.3, -0.25) is 18.8 Å². The molecule has 25 heavy (non-hydrogen) atoms. The lowest BCUT2D eigenvalue weighted by atomic mass is 10.2. The number of aliphatic hydroxyl groups excluding tert-OH is 2. The van der Waals surface area contributed by atoms with E-state index in [0.717, 1.165) is 25.7 Å². The maximum atomic E-state index is 12.5. The zero-order valence-corrected chi connectivity index (χ0v) is 15.5. The molecule has 144 valence electrons. The van der Waals surface area contributed by atoms with Crippen molar-refractivity contribution in [2.45, 2.75) is 38.7 Å². The molecule has 9 heteroatoms. The quantitative estimate of drug-likeness (QED) is 0.184. The fourth-order valence-corrected chi connectivity index (χ4v) is 3.40. The summed E-state index contributed by atoms with van der Waals surface area (Å²) in [6.07, 6.45) is 6.00. The van der Waals surface area contributed by atoms with Gasteiger partial charge in [-0.15, -0.1) is 0 Å². The molecule has 1 rings (SSSR count). The van der Waals surface area contributed by atoms with Gasteiger partial charge >= 0.3 is 5.84 Å². The van der Waals surface area contributed by atoms with E-state index >= 15 is 0 Å². The van der Waals surface area contributed by atoms with E-state index in [1.165, 1.54) is 6.08 Å². The summed E-state index contributed by atoms with van der Waals surface area (Å²) in [7, 11) is -4.29. The highest BCUT2D eigenvalue weighted by Gasteiger charge is 2.35. The molecule has 0 amide bonds. The number of unbranched alkanes of at least 4 members (excludes halogenated alkanes) is 3. The van der Waals surface area contributed by atoms with Crippen LogP contribution in [0, 0.1) is 0 Å². The van der Waals surface area contributed by atoms with Crippen molar-refractivity contribution in [2.75, 3.05) is 38.5 Å². The van der Waals surface area contributed by atoms with Crippen molar-refractivity contribution >= 4 is 21.7 Å². The van der Waals surface area contributed by atoms with Crippen molar-refractivity contribution in [3.05, 3.63) is 12.2 Å². The average Bonchev–Trinajstić information content (AvgIpc) is 2.87. The number of ketones is 1. The Bertz CT molecular complexity index is 600. The topological polar surface area (TPSA) is 118 Å². The molecule has 1 aliphatic heterocycles. The highest BCUT2D eigenvalue weighted by Crippen LogP contribution is 2.07. The molecule has 0 aromatic rings. The number of carbonyl (C=O) groups excluding carboxylic acids is 1. The Hall–Kier alpha value is -1.29. The van der Waals surface area contributed by atoms with Crippen LogP contribution < -0.4 is 0 Å². The van der Waals surface area contributed by atoms with Gasteiger partial charge in [-0.05, 0) is 18.9 Å². The Kier molecular flexibility index (Phi) is 9.26. The van der Waals surface area contributed by atoms with Crippen LogP contribution >= 0.6 is 0 Å². The summed E-state index contributed by atoms with van der Waals surface area (Å²) in [5.74, 6) is -0.672. The van der Waals surface area contributed by atoms with E-state index in [0.29, 0.717) is 18.9 Å². The summed E-state index contributed by atoms with van der Waals surface area (Å²) in [6, 6.07) is 0. The van der Waals surface area contributed by atoms with Crippen molar-refractivity contribution in [1.29, 1.82) is 0 Å². The molecular weight excluding hydrogens is 348 g/mol. The summed E-state index contributed by atoms with van der Waals surface area (Å²) < 4.78 is 32.2. The lowest BCUT2D eigenvalue weighted by Crippen LogP contribution is -2.39. The van der Waals surface area contributed by atoms with Crippen LogP contribution in [-0.4, -0.2) is 88.9 Å². The summed E-state index contributed by atoms with van der Waals surface area (Å²) >= 11 is 0. The second-order valence-electron chi connectivity index (χ2n) is 6.15. The van der Waals surface area contributed by atoms with E-state index in [1.807, 2.05) is 6.08 Å². The van der Waals surface area contributed by atoms with Gasteiger partial charge in [0.1, 0.15) is 38.0 Å². The molecule has 0 aromatic carbocycles. The van der Waals surface area contributed by atoms with E-state index in [-0.39, 0.29) is 25.5 Å². The number of carbonyl (C=O) groups is 1. The Balaban J connectivity index is 2.84. The third-order valence-corrected chi connectivity index (χ3v) is 4.71. The Morgan fingerprint density at radius 3 is 2.72 bits per heavy atom. The summed E-state index contributed by atoms with van der Waals surface area (Å²) in [5.41, 5.74) is 0. The molecule has 0 saturated carbocycles. The first kappa shape index (κ1) is 21.8. The molecule has 0 bridgehead atoms. The van der Waals surface area contributed by atoms with Crippen LogP contribution in [0.15, 0.2) is 12.2 Å². The van der Waals surface area contributed by atoms with E-state index in [9.17, 15) is 18.3 Å². The van der Waals surface area contributed by atoms with Gasteiger partial charge in [0.15, 0.2) is 0 Å². The zero-order chi connectivity index (χ0) is 18.9. The number of rotatable bonds is 12. The molecule has 0 fully saturated rings. The van der Waals surface area contributed by atoms with Gasteiger partial charge in [-0.25, -0.2) is 0 Å². The molecule has 1 unspecified atom stereocenters. The van der Waals surface area contributed by atoms with Crippen molar-refractivity contribution in [2.24, 2.45) is 0 Å². The molecule has 0 radical (unpaired) electrons. The first-order chi connectivity index (χ1) is 11.8. The summed E-state index contributed by atoms with van der Waals surface area (Å²) in [5, 5.41) is 19.0. The molecule has 0 saturated heterocycles. The largest absolute Gasteiger partial charge is 0.392 e. The Morgan fingerprint density at radius 2 is 2.12 bits per heavy atom. The molecule has 0 aromatic heterocycles. The molecule has 1 heterocycles. The molecule has 0 aliphatic carbocycles. The molecule has 1 aliphatic rings. The van der Waals surface area contributed by atoms with Gasteiger partial charge in [0, 0.05) is 0 Å². The number of hydrogen-bond acceptors (Lipinski definition) is 6. The minimum atomic E-state index is -4.29. The van der Waals surface area contributed by atoms with Crippen molar-refractivity contribution in [3.8, 4) is 0 Å². The lowest BCUT2D eigenvalue weighted by Gasteiger charge is -2.11. The van der Waals surface area contributed by atoms with E-state index in [1.54, 1.807) is 9.48 Å². The second-order valence-corrected chi connectivity index (χ2v) is 7.64. The zero-order valence-electron chi connectivity index (χ0n) is 14.7. The van der Waals surface area contributed by atoms with Gasteiger partial charge in [-0.1, -0.05) is 25.8 Å². The SMILES string of the molecule is CCCCC/C=C/C(=O)C1=[N+](CC(O)CS(=O)(=O)O)CCN1CCO. The minimum Gasteiger partial charge on any atom is -0.392 e. The standard InChI is InChI=1S/C16H28N2O6S/c1-2-3-4-5-6-7-15(21)16-17(10-11-19)8-9-18(16)12-14(20)13-25(22,23)24/h6-7,14,19-20H,2-5,8-13H2,1H3/p+1/b7-6+. The summed E-state index contributed by atoms with van der Waals surface area (Å²) in [6.45, 7) is 3.14. The number of hydrogen-bond donors (Lipinski definition) is 3. The van der Waals surface area contributed by atoms with Crippen molar-refractivity contribution in [1.82, 2.24) is 4.90 Å². The maximum Gasteiger partial charge on any atom is 0.320 e. The molecule has 8 nitrogen and oxygen atoms in total. The second kappa shape index (κ2) is 10.6. The predicted octanol–water partition coefficient (Wildman–Crippen LogP) is -0.340. The van der Waals surface area contributed by atoms with Crippen LogP contribution in [0.4, 0.5) is 0 Å². The van der Waals surface area contributed by atoms with Gasteiger partial charge in [0.25, 0.3) is 15.9 Å². The van der Waals surface area contributed by atoms with Gasteiger partial charge in [-0.2, -0.15) is 8.42 Å². The van der Waals surface area contributed by atoms with Gasteiger partial charge in [0.2, 0.25) is 0 Å². The average molecular weight is 377 g/mol. The Morgan fingerprint density at radius 1 is 1.40 bits per heavy atom. The van der Waals surface area contributed by atoms with Crippen LogP contribution in [0.2, 0.25) is 0 Å². The van der Waals surface area contributed by atoms with E-state index in [4.69, 9.17) is 9.66 Å². The van der Waals surface area contributed by atoms with Crippen molar-refractivity contribution in [3.63, 3.8) is 0 Å². The monoisotopic (exact) mass is 377 g/mol. The van der Waals surface area contributed by atoms with Crippen molar-refractivity contribution < 1.29 is 32.6 Å². The number of nitrogens with zero attached hydrogens (tertiary/aromatic N) is 2. The highest BCUT2D eigenvalue weighted by atomic mass is 32.2. The highest BCUT2D eigenvalue weighted by molar-refractivity contribution is 7.85. The smallest absolute Gasteiger partial charge is 0.320 e. The minimum absolute atomic E-state index is 0.0769. The molecule has 1 atom stereocenters. The van der Waals surface area contributed by atoms with E-state index in [2.05, 4.69) is 6.92 Å². The lowest BCUT2D eigenvalue weighted by molar-refractivity contribution is -0.525. The first-order valence-electron chi connectivity index (χ1n) is 8.60. The first-order valence-corrected chi connectivity index (χ1v) is 10.2. The van der Waals surface area contributed by atoms with Crippen LogP contribution in [-0.2, 0) is 14.9 Å². The summed E-state index contributed by atoms with van der Waals surface area (Å²) in [4.78, 5) is 14.2. The third-order valence-electron chi connectivity index (χ3n) is 3.91. The van der Waals surface area contributed by atoms with E-state index < -0.39 is 22.0 Å². The van der Waals surface area contributed by atoms with Gasteiger partial charge in [0.05, 0.1) is 6.61 Å². The third kappa shape index (κ3) is 8.08. The Labute approximate surface area is 149 Å². The van der Waals surface area contributed by atoms with Gasteiger partial charge < -0.3 is 10.2 Å². The van der Waals surface area contributed by atoms with Crippen LogP contribution in [0.5, 0.6) is 0 Å². The molecular formula is C16H29N2O6S+. The molecule has 0 spiro atoms.